The van der Waals surface area contributed by atoms with Gasteiger partial charge < -0.3 is 9.84 Å². The third-order valence-electron chi connectivity index (χ3n) is 5.47. The number of hydrogen-bond donors (Lipinski definition) is 1. The molecular weight excluding hydrogens is 314 g/mol. The number of hydrogen-bond acceptors (Lipinski definition) is 3. The van der Waals surface area contributed by atoms with Crippen LogP contribution < -0.4 is 4.74 Å². The zero-order valence-electron chi connectivity index (χ0n) is 14.2. The Morgan fingerprint density at radius 3 is 2.39 bits per heavy atom. The number of fused-ring (bicyclic) bond motifs is 1. The van der Waals surface area contributed by atoms with Crippen molar-refractivity contribution in [3.05, 3.63) is 27.3 Å². The number of carboxylic acid groups (broad SMARTS) is 1. The molecular formula is C18H24ClNO3. The molecule has 1 N–H and O–H groups in total. The summed E-state index contributed by atoms with van der Waals surface area (Å²) < 4.78 is 6.36. The molecule has 23 heavy (non-hydrogen) atoms. The summed E-state index contributed by atoms with van der Waals surface area (Å²) in [6, 6.07) is -0.744. The van der Waals surface area contributed by atoms with Gasteiger partial charge in [0.15, 0.2) is 0 Å². The van der Waals surface area contributed by atoms with Gasteiger partial charge in [0.25, 0.3) is 0 Å². The Balaban J connectivity index is 2.14. The number of rotatable bonds is 3. The van der Waals surface area contributed by atoms with Gasteiger partial charge in [-0.3, -0.25) is 9.69 Å². The van der Waals surface area contributed by atoms with E-state index in [0.29, 0.717) is 10.6 Å². The highest BCUT2D eigenvalue weighted by Gasteiger charge is 2.43. The fraction of sp³-hybridized carbons (Fsp3) is 0.611. The monoisotopic (exact) mass is 337 g/mol. The average molecular weight is 338 g/mol. The van der Waals surface area contributed by atoms with E-state index in [2.05, 4.69) is 0 Å². The lowest BCUT2D eigenvalue weighted by Crippen LogP contribution is -2.46. The maximum Gasteiger partial charge on any atom is 0.325 e. The summed E-state index contributed by atoms with van der Waals surface area (Å²) >= 11 is 6.60. The molecule has 2 aliphatic rings. The Morgan fingerprint density at radius 1 is 1.26 bits per heavy atom. The lowest BCUT2D eigenvalue weighted by molar-refractivity contribution is -0.142. The molecule has 4 nitrogen and oxygen atoms in total. The van der Waals surface area contributed by atoms with Crippen LogP contribution in [0.5, 0.6) is 5.75 Å². The van der Waals surface area contributed by atoms with Gasteiger partial charge in [-0.05, 0) is 71.2 Å². The number of aliphatic carboxylic acids is 1. The molecule has 0 saturated heterocycles. The summed E-state index contributed by atoms with van der Waals surface area (Å²) in [7, 11) is 3.53. The fourth-order valence-corrected chi connectivity index (χ4v) is 4.27. The quantitative estimate of drug-likeness (QED) is 0.909. The van der Waals surface area contributed by atoms with Crippen LogP contribution in [0.1, 0.15) is 54.0 Å². The molecule has 3 rings (SSSR count). The van der Waals surface area contributed by atoms with Gasteiger partial charge in [-0.1, -0.05) is 11.6 Å². The number of carboxylic acids is 1. The number of carbonyl (C=O) groups is 1. The van der Waals surface area contributed by atoms with E-state index in [1.54, 1.807) is 19.0 Å². The molecule has 1 aliphatic carbocycles. The molecule has 0 amide bonds. The highest BCUT2D eigenvalue weighted by Crippen LogP contribution is 2.50. The van der Waals surface area contributed by atoms with Gasteiger partial charge in [0.2, 0.25) is 0 Å². The minimum Gasteiger partial charge on any atom is -0.487 e. The smallest absolute Gasteiger partial charge is 0.325 e. The van der Waals surface area contributed by atoms with Gasteiger partial charge >= 0.3 is 5.97 Å². The zero-order valence-corrected chi connectivity index (χ0v) is 15.0. The molecule has 1 unspecified atom stereocenters. The molecule has 1 aliphatic heterocycles. The first-order chi connectivity index (χ1) is 10.8. The van der Waals surface area contributed by atoms with Crippen LogP contribution in [0.25, 0.3) is 0 Å². The first-order valence-electron chi connectivity index (χ1n) is 8.17. The van der Waals surface area contributed by atoms with E-state index in [4.69, 9.17) is 16.3 Å². The maximum absolute atomic E-state index is 11.8. The van der Waals surface area contributed by atoms with Gasteiger partial charge in [0, 0.05) is 11.1 Å². The average Bonchev–Trinajstić information content (AvgIpc) is 2.46. The zero-order chi connectivity index (χ0) is 16.9. The molecule has 0 bridgehead atoms. The normalized spacial score (nSPS) is 19.9. The number of likely N-dealkylation sites (N-methyl/N-ethyl adjacent to an activating group) is 1. The predicted molar refractivity (Wildman–Crippen MR) is 90.5 cm³/mol. The summed E-state index contributed by atoms with van der Waals surface area (Å²) in [5, 5.41) is 10.2. The van der Waals surface area contributed by atoms with Crippen LogP contribution >= 0.6 is 11.6 Å². The van der Waals surface area contributed by atoms with Gasteiger partial charge in [0.05, 0.1) is 5.02 Å². The molecule has 1 fully saturated rings. The van der Waals surface area contributed by atoms with Crippen molar-refractivity contribution in [3.63, 3.8) is 0 Å². The maximum atomic E-state index is 11.8. The molecule has 0 radical (unpaired) electrons. The van der Waals surface area contributed by atoms with E-state index in [0.717, 1.165) is 48.1 Å². The Morgan fingerprint density at radius 2 is 1.91 bits per heavy atom. The van der Waals surface area contributed by atoms with Crippen LogP contribution in [0.15, 0.2) is 0 Å². The van der Waals surface area contributed by atoms with E-state index >= 15 is 0 Å². The molecule has 5 heteroatoms. The van der Waals surface area contributed by atoms with Gasteiger partial charge in [-0.25, -0.2) is 0 Å². The largest absolute Gasteiger partial charge is 0.487 e. The van der Waals surface area contributed by atoms with Crippen molar-refractivity contribution in [2.24, 2.45) is 0 Å². The highest BCUT2D eigenvalue weighted by molar-refractivity contribution is 6.32. The molecule has 0 aromatic heterocycles. The molecule has 1 aromatic carbocycles. The van der Waals surface area contributed by atoms with Crippen LogP contribution in [0.4, 0.5) is 0 Å². The summed E-state index contributed by atoms with van der Waals surface area (Å²) in [4.78, 5) is 13.4. The van der Waals surface area contributed by atoms with E-state index in [1.807, 2.05) is 13.8 Å². The van der Waals surface area contributed by atoms with Crippen LogP contribution in [-0.4, -0.2) is 35.7 Å². The Kier molecular flexibility index (Phi) is 4.09. The fourth-order valence-electron chi connectivity index (χ4n) is 3.94. The molecule has 1 saturated carbocycles. The summed E-state index contributed by atoms with van der Waals surface area (Å²) in [5.74, 6) is 0.0108. The number of nitrogens with zero attached hydrogens (tertiary/aromatic N) is 1. The topological polar surface area (TPSA) is 49.8 Å². The summed E-state index contributed by atoms with van der Waals surface area (Å²) in [5.41, 5.74) is 3.68. The number of halogens is 1. The second kappa shape index (κ2) is 5.67. The Bertz CT molecular complexity index is 665. The van der Waals surface area contributed by atoms with Crippen molar-refractivity contribution >= 4 is 17.6 Å². The van der Waals surface area contributed by atoms with Crippen LogP contribution in [0.3, 0.4) is 0 Å². The third-order valence-corrected chi connectivity index (χ3v) is 5.96. The van der Waals surface area contributed by atoms with E-state index in [1.165, 1.54) is 6.42 Å². The van der Waals surface area contributed by atoms with Crippen molar-refractivity contribution in [1.82, 2.24) is 4.90 Å². The van der Waals surface area contributed by atoms with Crippen LogP contribution in [0, 0.1) is 13.8 Å². The van der Waals surface area contributed by atoms with Crippen LogP contribution in [-0.2, 0) is 11.2 Å². The molecule has 1 aromatic rings. The highest BCUT2D eigenvalue weighted by atomic mass is 35.5. The molecule has 1 spiro atoms. The van der Waals surface area contributed by atoms with Crippen molar-refractivity contribution in [1.29, 1.82) is 0 Å². The van der Waals surface area contributed by atoms with Crippen molar-refractivity contribution < 1.29 is 14.6 Å². The minimum absolute atomic E-state index is 0.00277. The second-order valence-electron chi connectivity index (χ2n) is 7.13. The molecule has 1 atom stereocenters. The SMILES string of the molecule is Cc1c(Cl)c(C(C(=O)O)N(C)C)c(C)c2c1OC1(CCC1)CC2. The van der Waals surface area contributed by atoms with Crippen LogP contribution in [0.2, 0.25) is 5.02 Å². The summed E-state index contributed by atoms with van der Waals surface area (Å²) in [6.45, 7) is 3.91. The Labute approximate surface area is 142 Å². The number of benzene rings is 1. The van der Waals surface area contributed by atoms with Crippen molar-refractivity contribution in [3.8, 4) is 5.75 Å². The Hall–Kier alpha value is -1.26. The molecule has 1 heterocycles. The van der Waals surface area contributed by atoms with Crippen molar-refractivity contribution in [2.75, 3.05) is 14.1 Å². The minimum atomic E-state index is -0.883. The van der Waals surface area contributed by atoms with Gasteiger partial charge in [-0.2, -0.15) is 0 Å². The number of ether oxygens (including phenoxy) is 1. The predicted octanol–water partition coefficient (Wildman–Crippen LogP) is 3.89. The van der Waals surface area contributed by atoms with E-state index in [9.17, 15) is 9.90 Å². The van der Waals surface area contributed by atoms with E-state index < -0.39 is 12.0 Å². The third kappa shape index (κ3) is 2.52. The second-order valence-corrected chi connectivity index (χ2v) is 7.51. The standard InChI is InChI=1S/C18H24ClNO3/c1-10-12-6-9-18(7-5-8-18)23-16(12)11(2)14(19)13(10)15(17(21)22)20(3)4/h15H,5-9H2,1-4H3,(H,21,22). The van der Waals surface area contributed by atoms with Gasteiger partial charge in [0.1, 0.15) is 17.4 Å². The molecule has 126 valence electrons. The van der Waals surface area contributed by atoms with E-state index in [-0.39, 0.29) is 5.60 Å². The summed E-state index contributed by atoms with van der Waals surface area (Å²) in [6.07, 6.45) is 5.40. The lowest BCUT2D eigenvalue weighted by Gasteiger charge is -2.46. The van der Waals surface area contributed by atoms with Crippen molar-refractivity contribution in [2.45, 2.75) is 57.6 Å². The lowest BCUT2D eigenvalue weighted by atomic mass is 9.73. The van der Waals surface area contributed by atoms with Gasteiger partial charge in [-0.15, -0.1) is 0 Å². The first kappa shape index (κ1) is 16.6. The first-order valence-corrected chi connectivity index (χ1v) is 8.55.